The van der Waals surface area contributed by atoms with Crippen molar-refractivity contribution in [2.45, 2.75) is 33.0 Å². The third kappa shape index (κ3) is 3.46. The van der Waals surface area contributed by atoms with E-state index in [0.717, 1.165) is 11.4 Å². The van der Waals surface area contributed by atoms with Gasteiger partial charge in [0.1, 0.15) is 5.69 Å². The molecular weight excluding hydrogens is 299 g/mol. The van der Waals surface area contributed by atoms with Crippen molar-refractivity contribution < 1.29 is 18.0 Å². The highest BCUT2D eigenvalue weighted by Crippen LogP contribution is 2.27. The molecule has 0 aromatic carbocycles. The van der Waals surface area contributed by atoms with Gasteiger partial charge in [-0.15, -0.1) is 0 Å². The molecule has 0 aliphatic heterocycles. The average molecular weight is 315 g/mol. The topological polar surface area (TPSA) is 75.6 Å². The van der Waals surface area contributed by atoms with E-state index < -0.39 is 17.8 Å². The van der Waals surface area contributed by atoms with Gasteiger partial charge >= 0.3 is 6.18 Å². The highest BCUT2D eigenvalue weighted by molar-refractivity contribution is 5.92. The molecule has 0 aliphatic carbocycles. The summed E-state index contributed by atoms with van der Waals surface area (Å²) >= 11 is 0. The summed E-state index contributed by atoms with van der Waals surface area (Å²) in [5.74, 6) is -0.667. The quantitative estimate of drug-likeness (QED) is 0.908. The number of amides is 1. The predicted octanol–water partition coefficient (Wildman–Crippen LogP) is 2.23. The number of alkyl halides is 3. The molecule has 0 radical (unpaired) electrons. The number of hydrogen-bond donors (Lipinski definition) is 2. The second-order valence-corrected chi connectivity index (χ2v) is 5.10. The summed E-state index contributed by atoms with van der Waals surface area (Å²) in [6.45, 7) is 5.83. The lowest BCUT2D eigenvalue weighted by molar-refractivity contribution is -0.141. The first-order valence-electron chi connectivity index (χ1n) is 6.62. The normalized spacial score (nSPS) is 13.2. The Bertz CT molecular complexity index is 674. The molecule has 22 heavy (non-hydrogen) atoms. The fourth-order valence-electron chi connectivity index (χ4n) is 2.09. The fourth-order valence-corrected chi connectivity index (χ4v) is 2.09. The number of carbonyl (C=O) groups is 1. The molecule has 6 nitrogen and oxygen atoms in total. The van der Waals surface area contributed by atoms with Gasteiger partial charge in [0.05, 0.1) is 11.7 Å². The van der Waals surface area contributed by atoms with E-state index in [1.54, 1.807) is 9.78 Å². The van der Waals surface area contributed by atoms with Crippen molar-refractivity contribution in [2.24, 2.45) is 0 Å². The molecule has 0 saturated heterocycles. The third-order valence-electron chi connectivity index (χ3n) is 3.14. The second kappa shape index (κ2) is 5.82. The average Bonchev–Trinajstić information content (AvgIpc) is 3.01. The fraction of sp³-hybridized carbons (Fsp3) is 0.462. The lowest BCUT2D eigenvalue weighted by Crippen LogP contribution is -2.30. The first-order chi connectivity index (χ1) is 10.2. The first-order valence-corrected chi connectivity index (χ1v) is 6.62. The summed E-state index contributed by atoms with van der Waals surface area (Å²) in [5, 5.41) is 12.0. The minimum atomic E-state index is -4.55. The number of aromatic nitrogens is 4. The first kappa shape index (κ1) is 16.1. The molecule has 0 aliphatic rings. The third-order valence-corrected chi connectivity index (χ3v) is 3.14. The Balaban J connectivity index is 1.98. The van der Waals surface area contributed by atoms with E-state index in [9.17, 15) is 18.0 Å². The number of H-pyrrole nitrogens is 1. The van der Waals surface area contributed by atoms with Crippen molar-refractivity contribution in [3.05, 3.63) is 34.9 Å². The van der Waals surface area contributed by atoms with Gasteiger partial charge in [-0.05, 0) is 26.8 Å². The smallest absolute Gasteiger partial charge is 0.349 e. The zero-order valence-electron chi connectivity index (χ0n) is 12.3. The van der Waals surface area contributed by atoms with Crippen molar-refractivity contribution in [1.82, 2.24) is 25.3 Å². The van der Waals surface area contributed by atoms with Gasteiger partial charge < -0.3 is 5.32 Å². The molecule has 9 heteroatoms. The molecule has 1 amide bonds. The summed E-state index contributed by atoms with van der Waals surface area (Å²) in [6, 6.07) is 2.46. The van der Waals surface area contributed by atoms with E-state index in [1.165, 1.54) is 0 Å². The van der Waals surface area contributed by atoms with Crippen molar-refractivity contribution in [1.29, 1.82) is 0 Å². The number of aromatic amines is 1. The number of aryl methyl sites for hydroxylation is 2. The minimum Gasteiger partial charge on any atom is -0.349 e. The van der Waals surface area contributed by atoms with Gasteiger partial charge in [0.15, 0.2) is 5.69 Å². The molecule has 2 rings (SSSR count). The molecule has 2 aromatic rings. The molecule has 120 valence electrons. The molecule has 0 unspecified atom stereocenters. The zero-order chi connectivity index (χ0) is 16.5. The highest BCUT2D eigenvalue weighted by Gasteiger charge is 2.33. The second-order valence-electron chi connectivity index (χ2n) is 5.10. The van der Waals surface area contributed by atoms with Gasteiger partial charge in [0.25, 0.3) is 5.91 Å². The van der Waals surface area contributed by atoms with Crippen molar-refractivity contribution in [3.8, 4) is 0 Å². The molecule has 2 N–H and O–H groups in total. The molecule has 0 fully saturated rings. The van der Waals surface area contributed by atoms with Crippen molar-refractivity contribution >= 4 is 5.91 Å². The SMILES string of the molecule is Cc1cc(C)n([C@@H](C)CNC(=O)c2cc(C(F)(F)F)[nH]n2)n1. The minimum absolute atomic E-state index is 0.126. The van der Waals surface area contributed by atoms with E-state index in [0.29, 0.717) is 6.07 Å². The summed E-state index contributed by atoms with van der Waals surface area (Å²) in [7, 11) is 0. The van der Waals surface area contributed by atoms with Gasteiger partial charge in [0, 0.05) is 18.3 Å². The lowest BCUT2D eigenvalue weighted by Gasteiger charge is -2.14. The molecule has 2 heterocycles. The van der Waals surface area contributed by atoms with Crippen LogP contribution in [0, 0.1) is 13.8 Å². The van der Waals surface area contributed by atoms with Crippen LogP contribution in [0.2, 0.25) is 0 Å². The monoisotopic (exact) mass is 315 g/mol. The maximum atomic E-state index is 12.4. The van der Waals surface area contributed by atoms with Gasteiger partial charge in [-0.25, -0.2) is 0 Å². The van der Waals surface area contributed by atoms with E-state index >= 15 is 0 Å². The van der Waals surface area contributed by atoms with Gasteiger partial charge in [-0.2, -0.15) is 23.4 Å². The Hall–Kier alpha value is -2.32. The summed E-state index contributed by atoms with van der Waals surface area (Å²) in [6.07, 6.45) is -4.55. The Morgan fingerprint density at radius 2 is 2.09 bits per heavy atom. The van der Waals surface area contributed by atoms with Crippen LogP contribution in [0.4, 0.5) is 13.2 Å². The van der Waals surface area contributed by atoms with Crippen LogP contribution in [0.5, 0.6) is 0 Å². The van der Waals surface area contributed by atoms with Crippen LogP contribution in [0.15, 0.2) is 12.1 Å². The number of carbonyl (C=O) groups excluding carboxylic acids is 1. The predicted molar refractivity (Wildman–Crippen MR) is 72.3 cm³/mol. The lowest BCUT2D eigenvalue weighted by atomic mass is 10.3. The largest absolute Gasteiger partial charge is 0.432 e. The van der Waals surface area contributed by atoms with Gasteiger partial charge in [-0.3, -0.25) is 14.6 Å². The van der Waals surface area contributed by atoms with Crippen LogP contribution in [0.3, 0.4) is 0 Å². The van der Waals surface area contributed by atoms with Crippen molar-refractivity contribution in [2.75, 3.05) is 6.54 Å². The Kier molecular flexibility index (Phi) is 4.25. The standard InChI is InChI=1S/C13H16F3N5O/c1-7-4-8(2)21(20-7)9(3)6-17-12(22)10-5-11(19-18-10)13(14,15)16/h4-5,9H,6H2,1-3H3,(H,17,22)(H,18,19)/t9-/m0/s1. The van der Waals surface area contributed by atoms with Crippen LogP contribution < -0.4 is 5.32 Å². The molecule has 1 atom stereocenters. The zero-order valence-corrected chi connectivity index (χ0v) is 12.3. The molecule has 0 bridgehead atoms. The van der Waals surface area contributed by atoms with Crippen LogP contribution in [-0.4, -0.2) is 32.4 Å². The van der Waals surface area contributed by atoms with Crippen LogP contribution >= 0.6 is 0 Å². The molecule has 0 saturated carbocycles. The number of halogens is 3. The molecule has 0 spiro atoms. The number of nitrogens with zero attached hydrogens (tertiary/aromatic N) is 3. The number of nitrogens with one attached hydrogen (secondary N) is 2. The number of hydrogen-bond acceptors (Lipinski definition) is 3. The molecular formula is C13H16F3N5O. The van der Waals surface area contributed by atoms with Crippen LogP contribution in [0.25, 0.3) is 0 Å². The summed E-state index contributed by atoms with van der Waals surface area (Å²) < 4.78 is 39.0. The van der Waals surface area contributed by atoms with E-state index in [1.807, 2.05) is 26.8 Å². The maximum absolute atomic E-state index is 12.4. The number of rotatable bonds is 4. The van der Waals surface area contributed by atoms with Crippen molar-refractivity contribution in [3.63, 3.8) is 0 Å². The summed E-state index contributed by atoms with van der Waals surface area (Å²) in [5.41, 5.74) is 0.452. The summed E-state index contributed by atoms with van der Waals surface area (Å²) in [4.78, 5) is 11.8. The highest BCUT2D eigenvalue weighted by atomic mass is 19.4. The van der Waals surface area contributed by atoms with Crippen LogP contribution in [0.1, 0.15) is 40.5 Å². The Morgan fingerprint density at radius 3 is 2.59 bits per heavy atom. The maximum Gasteiger partial charge on any atom is 0.432 e. The van der Waals surface area contributed by atoms with Gasteiger partial charge in [-0.1, -0.05) is 0 Å². The Labute approximate surface area is 124 Å². The van der Waals surface area contributed by atoms with E-state index in [2.05, 4.69) is 15.5 Å². The van der Waals surface area contributed by atoms with E-state index in [4.69, 9.17) is 0 Å². The van der Waals surface area contributed by atoms with E-state index in [-0.39, 0.29) is 18.3 Å². The van der Waals surface area contributed by atoms with Crippen LogP contribution in [-0.2, 0) is 6.18 Å². The molecule has 2 aromatic heterocycles. The Morgan fingerprint density at radius 1 is 1.41 bits per heavy atom. The van der Waals surface area contributed by atoms with Gasteiger partial charge in [0.2, 0.25) is 0 Å².